The van der Waals surface area contributed by atoms with E-state index >= 15 is 0 Å². The fraction of sp³-hybridized carbons (Fsp3) is 1.00. The van der Waals surface area contributed by atoms with E-state index in [-0.39, 0.29) is 0 Å². The summed E-state index contributed by atoms with van der Waals surface area (Å²) in [6.45, 7) is 2.00. The molecule has 0 spiro atoms. The quantitative estimate of drug-likeness (QED) is 0.417. The van der Waals surface area contributed by atoms with Gasteiger partial charge >= 0.3 is 0 Å². The van der Waals surface area contributed by atoms with Gasteiger partial charge in [-0.1, -0.05) is 0 Å². The first-order valence-corrected chi connectivity index (χ1v) is 5.03. The highest BCUT2D eigenvalue weighted by Crippen LogP contribution is 2.02. The van der Waals surface area contributed by atoms with Crippen molar-refractivity contribution in [3.63, 3.8) is 0 Å². The van der Waals surface area contributed by atoms with Crippen molar-refractivity contribution in [2.75, 3.05) is 13.2 Å². The van der Waals surface area contributed by atoms with Gasteiger partial charge in [0, 0.05) is 13.2 Å². The molecule has 0 amide bonds. The molecule has 0 atom stereocenters. The Balaban J connectivity index is 0.000000187. The normalized spacial score (nSPS) is 18.7. The Hall–Kier alpha value is 0.354. The van der Waals surface area contributed by atoms with Crippen LogP contribution in [-0.4, -0.2) is 34.2 Å². The molecule has 0 radical (unpaired) electrons. The monoisotopic (exact) mass is 164 g/mol. The van der Waals surface area contributed by atoms with E-state index in [1.54, 1.807) is 0 Å². The summed E-state index contributed by atoms with van der Waals surface area (Å²) in [5, 5.41) is 0. The summed E-state index contributed by atoms with van der Waals surface area (Å²) >= 11 is 0. The first-order valence-electron chi connectivity index (χ1n) is 3.39. The molecular formula is C5H16O2Si2. The van der Waals surface area contributed by atoms with Crippen molar-refractivity contribution in [3.8, 4) is 0 Å². The average molecular weight is 164 g/mol. The molecule has 0 aromatic carbocycles. The zero-order chi connectivity index (χ0) is 6.95. The summed E-state index contributed by atoms with van der Waals surface area (Å²) < 4.78 is 9.60. The van der Waals surface area contributed by atoms with E-state index in [0.29, 0.717) is 0 Å². The van der Waals surface area contributed by atoms with Crippen LogP contribution in [0.5, 0.6) is 0 Å². The van der Waals surface area contributed by atoms with Gasteiger partial charge in [-0.2, -0.15) is 0 Å². The lowest BCUT2D eigenvalue weighted by atomic mass is 10.2. The molecule has 1 rings (SSSR count). The second-order valence-corrected chi connectivity index (χ2v) is 5.35. The molecule has 0 bridgehead atoms. The topological polar surface area (TPSA) is 18.5 Å². The summed E-state index contributed by atoms with van der Waals surface area (Å²) in [6.07, 6.45) is 3.93. The molecule has 4 heteroatoms. The molecule has 1 aliphatic heterocycles. The van der Waals surface area contributed by atoms with Gasteiger partial charge in [-0.3, -0.25) is 0 Å². The van der Waals surface area contributed by atoms with E-state index < -0.39 is 0 Å². The van der Waals surface area contributed by atoms with Crippen LogP contribution >= 0.6 is 0 Å². The van der Waals surface area contributed by atoms with Crippen molar-refractivity contribution in [1.29, 1.82) is 0 Å². The van der Waals surface area contributed by atoms with Crippen LogP contribution in [0.15, 0.2) is 0 Å². The van der Waals surface area contributed by atoms with Crippen LogP contribution in [0.3, 0.4) is 0 Å². The Morgan fingerprint density at radius 3 is 1.56 bits per heavy atom. The highest BCUT2D eigenvalue weighted by atomic mass is 28.3. The van der Waals surface area contributed by atoms with E-state index in [9.17, 15) is 0 Å². The summed E-state index contributed by atoms with van der Waals surface area (Å²) in [6, 6.07) is 0. The highest BCUT2D eigenvalue weighted by Gasteiger charge is 1.94. The summed E-state index contributed by atoms with van der Waals surface area (Å²) in [5.41, 5.74) is 0. The second-order valence-electron chi connectivity index (χ2n) is 2.08. The Morgan fingerprint density at radius 1 is 1.00 bits per heavy atom. The molecule has 0 N–H and O–H groups in total. The number of ether oxygens (including phenoxy) is 1. The number of rotatable bonds is 0. The summed E-state index contributed by atoms with van der Waals surface area (Å²) in [5.74, 6) is 0. The van der Waals surface area contributed by atoms with Gasteiger partial charge < -0.3 is 8.85 Å². The fourth-order valence-electron chi connectivity index (χ4n) is 0.687. The maximum Gasteiger partial charge on any atom is 0.129 e. The van der Waals surface area contributed by atoms with Gasteiger partial charge in [0.1, 0.15) is 21.0 Å². The predicted octanol–water partition coefficient (Wildman–Crippen LogP) is -1.25. The predicted molar refractivity (Wildman–Crippen MR) is 45.6 cm³/mol. The standard InChI is InChI=1S/C5H10O.H6OSi2/c1-2-4-6-5-3-1;2-1-3/h1-5H2;2-3H3. The summed E-state index contributed by atoms with van der Waals surface area (Å²) in [4.78, 5) is 0. The minimum absolute atomic E-state index is 0.931. The smallest absolute Gasteiger partial charge is 0.129 e. The van der Waals surface area contributed by atoms with Crippen LogP contribution in [0.25, 0.3) is 0 Å². The van der Waals surface area contributed by atoms with Gasteiger partial charge in [-0.25, -0.2) is 0 Å². The van der Waals surface area contributed by atoms with Crippen LogP contribution in [0, 0.1) is 0 Å². The Bertz CT molecular complexity index is 36.7. The molecule has 0 aromatic heterocycles. The van der Waals surface area contributed by atoms with Crippen LogP contribution in [0.1, 0.15) is 19.3 Å². The molecule has 9 heavy (non-hydrogen) atoms. The van der Waals surface area contributed by atoms with Crippen molar-refractivity contribution in [1.82, 2.24) is 0 Å². The van der Waals surface area contributed by atoms with E-state index in [4.69, 9.17) is 4.74 Å². The Kier molecular flexibility index (Phi) is 8.68. The molecule has 0 unspecified atom stereocenters. The summed E-state index contributed by atoms with van der Waals surface area (Å²) in [7, 11) is 1.86. The van der Waals surface area contributed by atoms with Gasteiger partial charge in [0.2, 0.25) is 0 Å². The zero-order valence-corrected chi connectivity index (χ0v) is 10.4. The molecule has 0 aromatic rings. The van der Waals surface area contributed by atoms with Crippen molar-refractivity contribution in [2.45, 2.75) is 19.3 Å². The van der Waals surface area contributed by atoms with Crippen LogP contribution in [-0.2, 0) is 8.85 Å². The lowest BCUT2D eigenvalue weighted by molar-refractivity contribution is 0.0968. The Morgan fingerprint density at radius 2 is 1.44 bits per heavy atom. The Labute approximate surface area is 63.0 Å². The van der Waals surface area contributed by atoms with Crippen molar-refractivity contribution in [3.05, 3.63) is 0 Å². The molecule has 56 valence electrons. The van der Waals surface area contributed by atoms with E-state index in [2.05, 4.69) is 4.12 Å². The third kappa shape index (κ3) is 8.35. The van der Waals surface area contributed by atoms with Crippen molar-refractivity contribution < 1.29 is 8.85 Å². The van der Waals surface area contributed by atoms with Crippen molar-refractivity contribution in [2.24, 2.45) is 0 Å². The van der Waals surface area contributed by atoms with Gasteiger partial charge in [-0.05, 0) is 19.3 Å². The van der Waals surface area contributed by atoms with Gasteiger partial charge in [-0.15, -0.1) is 0 Å². The first kappa shape index (κ1) is 9.35. The minimum Gasteiger partial charge on any atom is -0.471 e. The second kappa shape index (κ2) is 8.35. The highest BCUT2D eigenvalue weighted by molar-refractivity contribution is 6.15. The molecule has 0 saturated carbocycles. The van der Waals surface area contributed by atoms with Crippen LogP contribution < -0.4 is 0 Å². The fourth-order valence-corrected chi connectivity index (χ4v) is 0.687. The lowest BCUT2D eigenvalue weighted by Crippen LogP contribution is -2.03. The third-order valence-corrected chi connectivity index (χ3v) is 1.08. The number of hydrogen-bond acceptors (Lipinski definition) is 2. The largest absolute Gasteiger partial charge is 0.471 e. The SMILES string of the molecule is C1CCOCC1.[SiH3]O[SiH3]. The first-order chi connectivity index (χ1) is 4.41. The molecule has 1 aliphatic rings. The van der Waals surface area contributed by atoms with E-state index in [1.165, 1.54) is 19.3 Å². The van der Waals surface area contributed by atoms with E-state index in [1.807, 2.05) is 0 Å². The van der Waals surface area contributed by atoms with Crippen molar-refractivity contribution >= 4 is 21.0 Å². The number of hydrogen-bond donors (Lipinski definition) is 0. The third-order valence-electron chi connectivity index (χ3n) is 1.08. The van der Waals surface area contributed by atoms with Crippen LogP contribution in [0.4, 0.5) is 0 Å². The van der Waals surface area contributed by atoms with Gasteiger partial charge in [0.25, 0.3) is 0 Å². The maximum atomic E-state index is 5.07. The molecule has 1 fully saturated rings. The molecule has 1 saturated heterocycles. The molecule has 2 nitrogen and oxygen atoms in total. The van der Waals surface area contributed by atoms with Gasteiger partial charge in [0.05, 0.1) is 0 Å². The zero-order valence-electron chi connectivity index (χ0n) is 6.35. The average Bonchev–Trinajstić information content (AvgIpc) is 1.93. The lowest BCUT2D eigenvalue weighted by Gasteiger charge is -2.08. The molecular weight excluding hydrogens is 148 g/mol. The molecule has 1 heterocycles. The van der Waals surface area contributed by atoms with Gasteiger partial charge in [0.15, 0.2) is 0 Å². The van der Waals surface area contributed by atoms with Crippen LogP contribution in [0.2, 0.25) is 0 Å². The molecule has 0 aliphatic carbocycles. The maximum absolute atomic E-state index is 5.07. The minimum atomic E-state index is 0.931. The van der Waals surface area contributed by atoms with E-state index in [0.717, 1.165) is 34.2 Å².